The maximum atomic E-state index is 11.5. The van der Waals surface area contributed by atoms with E-state index in [0.717, 1.165) is 0 Å². The zero-order chi connectivity index (χ0) is 16.9. The fourth-order valence-corrected chi connectivity index (χ4v) is 1.72. The number of para-hydroxylation sites is 1. The van der Waals surface area contributed by atoms with Gasteiger partial charge in [0.2, 0.25) is 0 Å². The minimum atomic E-state index is -1.50. The second kappa shape index (κ2) is 7.19. The highest BCUT2D eigenvalue weighted by Gasteiger charge is 2.26. The summed E-state index contributed by atoms with van der Waals surface area (Å²) in [6.07, 6.45) is -3.66. The molecule has 122 valence electrons. The van der Waals surface area contributed by atoms with Gasteiger partial charge in [-0.25, -0.2) is 4.79 Å². The third kappa shape index (κ3) is 5.30. The van der Waals surface area contributed by atoms with Crippen LogP contribution in [0, 0.1) is 10.1 Å². The molecule has 0 aliphatic rings. The molecule has 0 aromatic heterocycles. The first-order chi connectivity index (χ1) is 10.1. The summed E-state index contributed by atoms with van der Waals surface area (Å²) in [5.74, 6) is 0. The van der Waals surface area contributed by atoms with Gasteiger partial charge in [-0.15, -0.1) is 0 Å². The van der Waals surface area contributed by atoms with Crippen LogP contribution in [-0.4, -0.2) is 39.5 Å². The Morgan fingerprint density at radius 1 is 1.36 bits per heavy atom. The lowest BCUT2D eigenvalue weighted by molar-refractivity contribution is -0.386. The number of amides is 1. The second-order valence-electron chi connectivity index (χ2n) is 5.71. The summed E-state index contributed by atoms with van der Waals surface area (Å²) in [5, 5.41) is 33.1. The van der Waals surface area contributed by atoms with Crippen LogP contribution in [0.5, 0.6) is 0 Å². The van der Waals surface area contributed by atoms with Crippen molar-refractivity contribution in [2.75, 3.05) is 6.54 Å². The quantitative estimate of drug-likeness (QED) is 0.559. The molecule has 1 rings (SSSR count). The normalized spacial score (nSPS) is 14.0. The van der Waals surface area contributed by atoms with Crippen LogP contribution in [0.3, 0.4) is 0 Å². The molecule has 0 saturated carbocycles. The maximum absolute atomic E-state index is 11.5. The molecule has 2 unspecified atom stereocenters. The molecule has 0 aliphatic heterocycles. The van der Waals surface area contributed by atoms with Crippen LogP contribution in [0.1, 0.15) is 32.4 Å². The Morgan fingerprint density at radius 3 is 2.50 bits per heavy atom. The van der Waals surface area contributed by atoms with Gasteiger partial charge in [0.05, 0.1) is 10.5 Å². The number of nitro benzene ring substituents is 1. The number of ether oxygens (including phenoxy) is 1. The number of rotatable bonds is 5. The van der Waals surface area contributed by atoms with Crippen molar-refractivity contribution in [2.45, 2.75) is 38.6 Å². The lowest BCUT2D eigenvalue weighted by atomic mass is 10.0. The number of alkyl carbamates (subject to hydrolysis) is 1. The van der Waals surface area contributed by atoms with E-state index in [1.807, 2.05) is 0 Å². The Bertz CT molecular complexity index is 540. The van der Waals surface area contributed by atoms with E-state index in [2.05, 4.69) is 5.32 Å². The van der Waals surface area contributed by atoms with E-state index in [0.29, 0.717) is 0 Å². The number of nitrogens with one attached hydrogen (secondary N) is 1. The van der Waals surface area contributed by atoms with E-state index >= 15 is 0 Å². The van der Waals surface area contributed by atoms with Crippen LogP contribution in [-0.2, 0) is 4.74 Å². The average molecular weight is 312 g/mol. The average Bonchev–Trinajstić information content (AvgIpc) is 2.42. The Hall–Kier alpha value is -2.19. The van der Waals surface area contributed by atoms with Gasteiger partial charge in [-0.3, -0.25) is 10.1 Å². The van der Waals surface area contributed by atoms with E-state index < -0.39 is 28.8 Å². The monoisotopic (exact) mass is 312 g/mol. The van der Waals surface area contributed by atoms with Crippen LogP contribution in [0.15, 0.2) is 24.3 Å². The van der Waals surface area contributed by atoms with Crippen LogP contribution in [0.2, 0.25) is 0 Å². The minimum Gasteiger partial charge on any atom is -0.444 e. The predicted molar refractivity (Wildman–Crippen MR) is 78.3 cm³/mol. The lowest BCUT2D eigenvalue weighted by Crippen LogP contribution is -2.38. The molecular weight excluding hydrogens is 292 g/mol. The van der Waals surface area contributed by atoms with Gasteiger partial charge < -0.3 is 20.3 Å². The minimum absolute atomic E-state index is 0.0222. The molecule has 0 heterocycles. The molecule has 0 spiro atoms. The first-order valence-electron chi connectivity index (χ1n) is 6.68. The number of aliphatic hydroxyl groups is 2. The van der Waals surface area contributed by atoms with Gasteiger partial charge in [-0.2, -0.15) is 0 Å². The standard InChI is InChI=1S/C14H20N2O6/c1-14(2,3)22-13(19)15-8-11(17)12(18)9-6-4-5-7-10(9)16(20)21/h4-7,11-12,17-18H,8H2,1-3H3,(H,15,19). The summed E-state index contributed by atoms with van der Waals surface area (Å²) < 4.78 is 4.98. The van der Waals surface area contributed by atoms with Crippen molar-refractivity contribution >= 4 is 11.8 Å². The molecule has 8 nitrogen and oxygen atoms in total. The van der Waals surface area contributed by atoms with Gasteiger partial charge in [-0.1, -0.05) is 12.1 Å². The fraction of sp³-hybridized carbons (Fsp3) is 0.500. The van der Waals surface area contributed by atoms with Crippen molar-refractivity contribution in [3.8, 4) is 0 Å². The summed E-state index contributed by atoms with van der Waals surface area (Å²) in [5.41, 5.74) is -1.01. The number of carbonyl (C=O) groups excluding carboxylic acids is 1. The highest BCUT2D eigenvalue weighted by molar-refractivity contribution is 5.67. The largest absolute Gasteiger partial charge is 0.444 e. The molecule has 8 heteroatoms. The summed E-state index contributed by atoms with van der Waals surface area (Å²) in [7, 11) is 0. The van der Waals surface area contributed by atoms with Crippen LogP contribution in [0.25, 0.3) is 0 Å². The number of hydrogen-bond donors (Lipinski definition) is 3. The highest BCUT2D eigenvalue weighted by Crippen LogP contribution is 2.26. The van der Waals surface area contributed by atoms with Crippen LogP contribution >= 0.6 is 0 Å². The molecule has 0 saturated heterocycles. The van der Waals surface area contributed by atoms with E-state index in [1.54, 1.807) is 20.8 Å². The number of nitrogens with zero attached hydrogens (tertiary/aromatic N) is 1. The van der Waals surface area contributed by atoms with Crippen LogP contribution in [0.4, 0.5) is 10.5 Å². The van der Waals surface area contributed by atoms with Crippen LogP contribution < -0.4 is 5.32 Å². The van der Waals surface area contributed by atoms with Crippen molar-refractivity contribution in [3.05, 3.63) is 39.9 Å². The molecular formula is C14H20N2O6. The fourth-order valence-electron chi connectivity index (χ4n) is 1.72. The summed E-state index contributed by atoms with van der Waals surface area (Å²) in [4.78, 5) is 21.7. The summed E-state index contributed by atoms with van der Waals surface area (Å²) in [6.45, 7) is 4.75. The molecule has 0 bridgehead atoms. The van der Waals surface area contributed by atoms with Gasteiger partial charge in [0.25, 0.3) is 5.69 Å². The SMILES string of the molecule is CC(C)(C)OC(=O)NCC(O)C(O)c1ccccc1[N+](=O)[O-]. The maximum Gasteiger partial charge on any atom is 0.407 e. The van der Waals surface area contributed by atoms with Gasteiger partial charge >= 0.3 is 6.09 Å². The summed E-state index contributed by atoms with van der Waals surface area (Å²) in [6, 6.07) is 5.55. The third-order valence-electron chi connectivity index (χ3n) is 2.67. The zero-order valence-electron chi connectivity index (χ0n) is 12.6. The Morgan fingerprint density at radius 2 is 1.95 bits per heavy atom. The third-order valence-corrected chi connectivity index (χ3v) is 2.67. The molecule has 0 radical (unpaired) electrons. The van der Waals surface area contributed by atoms with Crippen molar-refractivity contribution in [1.29, 1.82) is 0 Å². The van der Waals surface area contributed by atoms with E-state index in [4.69, 9.17) is 4.74 Å². The Balaban J connectivity index is 2.68. The van der Waals surface area contributed by atoms with Gasteiger partial charge in [0.15, 0.2) is 0 Å². The van der Waals surface area contributed by atoms with Gasteiger partial charge in [0.1, 0.15) is 17.8 Å². The van der Waals surface area contributed by atoms with Crippen molar-refractivity contribution in [3.63, 3.8) is 0 Å². The molecule has 1 aromatic carbocycles. The molecule has 1 amide bonds. The Labute approximate surface area is 127 Å². The number of carbonyl (C=O) groups is 1. The predicted octanol–water partition coefficient (Wildman–Crippen LogP) is 1.51. The van der Waals surface area contributed by atoms with Crippen molar-refractivity contribution in [2.24, 2.45) is 0 Å². The van der Waals surface area contributed by atoms with Crippen molar-refractivity contribution in [1.82, 2.24) is 5.32 Å². The first-order valence-corrected chi connectivity index (χ1v) is 6.68. The molecule has 1 aromatic rings. The van der Waals surface area contributed by atoms with E-state index in [-0.39, 0.29) is 17.8 Å². The molecule has 22 heavy (non-hydrogen) atoms. The number of hydrogen-bond acceptors (Lipinski definition) is 6. The number of nitro groups is 1. The summed E-state index contributed by atoms with van der Waals surface area (Å²) >= 11 is 0. The number of benzene rings is 1. The number of aliphatic hydroxyl groups excluding tert-OH is 2. The van der Waals surface area contributed by atoms with Gasteiger partial charge in [-0.05, 0) is 26.8 Å². The molecule has 0 aliphatic carbocycles. The molecule has 2 atom stereocenters. The lowest BCUT2D eigenvalue weighted by Gasteiger charge is -2.22. The smallest absolute Gasteiger partial charge is 0.407 e. The zero-order valence-corrected chi connectivity index (χ0v) is 12.6. The molecule has 3 N–H and O–H groups in total. The van der Waals surface area contributed by atoms with Gasteiger partial charge in [0, 0.05) is 12.6 Å². The first kappa shape index (κ1) is 17.9. The highest BCUT2D eigenvalue weighted by atomic mass is 16.6. The van der Waals surface area contributed by atoms with Crippen molar-refractivity contribution < 1.29 is 24.7 Å². The van der Waals surface area contributed by atoms with E-state index in [9.17, 15) is 25.1 Å². The topological polar surface area (TPSA) is 122 Å². The second-order valence-corrected chi connectivity index (χ2v) is 5.71. The molecule has 0 fully saturated rings. The van der Waals surface area contributed by atoms with E-state index in [1.165, 1.54) is 24.3 Å². The Kier molecular flexibility index (Phi) is 5.84.